The van der Waals surface area contributed by atoms with Crippen molar-refractivity contribution < 1.29 is 5.02 Å². The van der Waals surface area contributed by atoms with Gasteiger partial charge in [-0.25, -0.2) is 0 Å². The van der Waals surface area contributed by atoms with Crippen molar-refractivity contribution in [1.29, 1.82) is 0 Å². The summed E-state index contributed by atoms with van der Waals surface area (Å²) in [6.07, 6.45) is 0. The highest BCUT2D eigenvalue weighted by Crippen LogP contribution is 2.26. The Morgan fingerprint density at radius 2 is 1.91 bits per heavy atom. The highest BCUT2D eigenvalue weighted by molar-refractivity contribution is 6.45. The first-order chi connectivity index (χ1) is 5.27. The largest absolute Gasteiger partial charge is 0.437 e. The van der Waals surface area contributed by atoms with Crippen molar-refractivity contribution in [3.63, 3.8) is 0 Å². The molecule has 3 nitrogen and oxygen atoms in total. The van der Waals surface area contributed by atoms with Crippen molar-refractivity contribution in [2.24, 2.45) is 11.8 Å². The number of rotatable bonds is 1. The number of nitrogens with zero attached hydrogens (tertiary/aromatic N) is 1. The van der Waals surface area contributed by atoms with Crippen molar-refractivity contribution in [2.45, 2.75) is 6.82 Å². The van der Waals surface area contributed by atoms with Crippen molar-refractivity contribution in [2.75, 3.05) is 26.2 Å². The highest BCUT2D eigenvalue weighted by atomic mass is 16.2. The molecule has 0 aliphatic carbocycles. The summed E-state index contributed by atoms with van der Waals surface area (Å²) >= 11 is 0. The molecule has 2 unspecified atom stereocenters. The predicted molar refractivity (Wildman–Crippen MR) is 45.3 cm³/mol. The smallest absolute Gasteiger partial charge is 0.376 e. The van der Waals surface area contributed by atoms with E-state index in [9.17, 15) is 5.02 Å². The van der Waals surface area contributed by atoms with Crippen LogP contribution in [0.3, 0.4) is 0 Å². The van der Waals surface area contributed by atoms with Gasteiger partial charge in [0, 0.05) is 0 Å². The summed E-state index contributed by atoms with van der Waals surface area (Å²) in [5, 5.41) is 12.7. The summed E-state index contributed by atoms with van der Waals surface area (Å²) in [7, 11) is -0.249. The lowest BCUT2D eigenvalue weighted by molar-refractivity contribution is 0.400. The zero-order valence-corrected chi connectivity index (χ0v) is 6.95. The Morgan fingerprint density at radius 1 is 1.36 bits per heavy atom. The third kappa shape index (κ3) is 1.30. The van der Waals surface area contributed by atoms with Gasteiger partial charge in [-0.3, -0.25) is 0 Å². The third-order valence-corrected chi connectivity index (χ3v) is 2.95. The van der Waals surface area contributed by atoms with Crippen molar-refractivity contribution >= 4 is 7.05 Å². The zero-order chi connectivity index (χ0) is 7.84. The van der Waals surface area contributed by atoms with Gasteiger partial charge in [-0.2, -0.15) is 0 Å². The number of hydrogen-bond acceptors (Lipinski definition) is 3. The van der Waals surface area contributed by atoms with E-state index in [0.29, 0.717) is 0 Å². The first kappa shape index (κ1) is 7.59. The average Bonchev–Trinajstić information content (AvgIpc) is 2.40. The van der Waals surface area contributed by atoms with Crippen molar-refractivity contribution in [3.05, 3.63) is 0 Å². The Labute approximate surface area is 67.9 Å². The van der Waals surface area contributed by atoms with E-state index < -0.39 is 0 Å². The molecule has 2 fully saturated rings. The summed E-state index contributed by atoms with van der Waals surface area (Å²) in [5.74, 6) is 1.59. The van der Waals surface area contributed by atoms with Gasteiger partial charge in [-0.15, -0.1) is 0 Å². The molecular formula is C7H15BN2O. The minimum atomic E-state index is -0.249. The van der Waals surface area contributed by atoms with E-state index in [4.69, 9.17) is 0 Å². The number of hydrogen-bond donors (Lipinski definition) is 2. The molecule has 2 N–H and O–H groups in total. The Hall–Kier alpha value is -0.0551. The van der Waals surface area contributed by atoms with Crippen molar-refractivity contribution in [1.82, 2.24) is 10.1 Å². The zero-order valence-electron chi connectivity index (χ0n) is 6.95. The SMILES string of the molecule is CB(O)N1CC2CNCC2C1. The molecule has 0 aromatic carbocycles. The van der Waals surface area contributed by atoms with E-state index in [1.807, 2.05) is 6.82 Å². The molecular weight excluding hydrogens is 139 g/mol. The van der Waals surface area contributed by atoms with Gasteiger partial charge in [-0.1, -0.05) is 0 Å². The van der Waals surface area contributed by atoms with E-state index in [-0.39, 0.29) is 7.05 Å². The molecule has 2 aliphatic heterocycles. The quantitative estimate of drug-likeness (QED) is 0.487. The fraction of sp³-hybridized carbons (Fsp3) is 1.00. The topological polar surface area (TPSA) is 35.5 Å². The van der Waals surface area contributed by atoms with Crippen LogP contribution in [0.25, 0.3) is 0 Å². The molecule has 62 valence electrons. The second-order valence-electron chi connectivity index (χ2n) is 3.76. The number of fused-ring (bicyclic) bond motifs is 1. The lowest BCUT2D eigenvalue weighted by Gasteiger charge is -2.16. The van der Waals surface area contributed by atoms with Crippen LogP contribution in [0, 0.1) is 11.8 Å². The number of nitrogens with one attached hydrogen (secondary N) is 1. The van der Waals surface area contributed by atoms with E-state index in [1.54, 1.807) is 0 Å². The van der Waals surface area contributed by atoms with Gasteiger partial charge in [-0.05, 0) is 44.8 Å². The molecule has 0 bridgehead atoms. The fourth-order valence-electron chi connectivity index (χ4n) is 2.20. The van der Waals surface area contributed by atoms with E-state index in [2.05, 4.69) is 10.1 Å². The standard InChI is InChI=1S/C7H15BN2O/c1-8(11)10-4-6-2-9-3-7(6)5-10/h6-7,9,11H,2-5H2,1H3. The van der Waals surface area contributed by atoms with E-state index >= 15 is 0 Å². The lowest BCUT2D eigenvalue weighted by atomic mass is 9.86. The molecule has 2 atom stereocenters. The van der Waals surface area contributed by atoms with Crippen LogP contribution >= 0.6 is 0 Å². The van der Waals surface area contributed by atoms with E-state index in [1.165, 1.54) is 0 Å². The Kier molecular flexibility index (Phi) is 1.91. The van der Waals surface area contributed by atoms with Crippen LogP contribution in [0.1, 0.15) is 0 Å². The van der Waals surface area contributed by atoms with Crippen LogP contribution in [-0.2, 0) is 0 Å². The molecule has 0 spiro atoms. The van der Waals surface area contributed by atoms with Gasteiger partial charge in [0.25, 0.3) is 0 Å². The van der Waals surface area contributed by atoms with Crippen LogP contribution in [0.15, 0.2) is 0 Å². The summed E-state index contributed by atoms with van der Waals surface area (Å²) < 4.78 is 0. The Morgan fingerprint density at radius 3 is 2.36 bits per heavy atom. The summed E-state index contributed by atoms with van der Waals surface area (Å²) in [6.45, 7) is 6.31. The molecule has 0 aromatic rings. The first-order valence-corrected chi connectivity index (χ1v) is 4.40. The third-order valence-electron chi connectivity index (χ3n) is 2.95. The molecule has 2 aliphatic rings. The van der Waals surface area contributed by atoms with Crippen LogP contribution in [0.5, 0.6) is 0 Å². The fourth-order valence-corrected chi connectivity index (χ4v) is 2.20. The summed E-state index contributed by atoms with van der Waals surface area (Å²) in [5.41, 5.74) is 0. The minimum Gasteiger partial charge on any atom is -0.437 e. The van der Waals surface area contributed by atoms with Crippen LogP contribution < -0.4 is 5.32 Å². The second kappa shape index (κ2) is 2.77. The molecule has 4 heteroatoms. The average molecular weight is 154 g/mol. The molecule has 0 amide bonds. The van der Waals surface area contributed by atoms with Gasteiger partial charge in [0.15, 0.2) is 0 Å². The van der Waals surface area contributed by atoms with Crippen LogP contribution in [0.2, 0.25) is 6.82 Å². The van der Waals surface area contributed by atoms with E-state index in [0.717, 1.165) is 38.0 Å². The highest BCUT2D eigenvalue weighted by Gasteiger charge is 2.38. The summed E-state index contributed by atoms with van der Waals surface area (Å²) in [6, 6.07) is 0. The van der Waals surface area contributed by atoms with Gasteiger partial charge in [0.05, 0.1) is 0 Å². The van der Waals surface area contributed by atoms with Gasteiger partial charge >= 0.3 is 7.05 Å². The van der Waals surface area contributed by atoms with Gasteiger partial charge in [0.2, 0.25) is 0 Å². The Balaban J connectivity index is 1.94. The normalized spacial score (nSPS) is 37.6. The Bertz CT molecular complexity index is 141. The summed E-state index contributed by atoms with van der Waals surface area (Å²) in [4.78, 5) is 2.16. The lowest BCUT2D eigenvalue weighted by Crippen LogP contribution is -2.37. The second-order valence-corrected chi connectivity index (χ2v) is 3.76. The first-order valence-electron chi connectivity index (χ1n) is 4.40. The monoisotopic (exact) mass is 154 g/mol. The molecule has 0 saturated carbocycles. The molecule has 2 rings (SSSR count). The maximum absolute atomic E-state index is 9.31. The predicted octanol–water partition coefficient (Wildman–Crippen LogP) is -0.752. The van der Waals surface area contributed by atoms with Crippen LogP contribution in [-0.4, -0.2) is 43.1 Å². The molecule has 11 heavy (non-hydrogen) atoms. The van der Waals surface area contributed by atoms with Crippen molar-refractivity contribution in [3.8, 4) is 0 Å². The molecule has 2 heterocycles. The van der Waals surface area contributed by atoms with Gasteiger partial charge < -0.3 is 15.2 Å². The van der Waals surface area contributed by atoms with Gasteiger partial charge in [0.1, 0.15) is 0 Å². The molecule has 0 radical (unpaired) electrons. The molecule has 0 aromatic heterocycles. The maximum Gasteiger partial charge on any atom is 0.376 e. The maximum atomic E-state index is 9.31. The minimum absolute atomic E-state index is 0.249. The molecule has 2 saturated heterocycles. The van der Waals surface area contributed by atoms with Crippen LogP contribution in [0.4, 0.5) is 0 Å².